The molecule has 0 saturated heterocycles. The number of hydrogen-bond donors (Lipinski definition) is 2. The Kier molecular flexibility index (Phi) is 5.09. The molecule has 21 heavy (non-hydrogen) atoms. The SMILES string of the molecule is COc1cc(C)c(SNc2ccc(Cl)c(O)c2)cc1OC. The number of methoxy groups -OCH3 is 2. The molecule has 2 rings (SSSR count). The Morgan fingerprint density at radius 2 is 1.76 bits per heavy atom. The summed E-state index contributed by atoms with van der Waals surface area (Å²) >= 11 is 7.20. The Labute approximate surface area is 133 Å². The number of anilines is 1. The number of ether oxygens (including phenoxy) is 2. The van der Waals surface area contributed by atoms with Gasteiger partial charge in [0.05, 0.1) is 19.2 Å². The van der Waals surface area contributed by atoms with Crippen LogP contribution in [-0.2, 0) is 0 Å². The number of nitrogens with one attached hydrogen (secondary N) is 1. The average molecular weight is 326 g/mol. The summed E-state index contributed by atoms with van der Waals surface area (Å²) in [5.74, 6) is 1.42. The number of aromatic hydroxyl groups is 1. The summed E-state index contributed by atoms with van der Waals surface area (Å²) in [7, 11) is 3.21. The van der Waals surface area contributed by atoms with Crippen LogP contribution in [0.1, 0.15) is 5.56 Å². The molecule has 0 spiro atoms. The second-order valence-electron chi connectivity index (χ2n) is 4.34. The molecule has 0 unspecified atom stereocenters. The smallest absolute Gasteiger partial charge is 0.161 e. The molecule has 2 aromatic rings. The van der Waals surface area contributed by atoms with Crippen LogP contribution in [0.2, 0.25) is 5.02 Å². The molecule has 0 heterocycles. The van der Waals surface area contributed by atoms with Gasteiger partial charge < -0.3 is 19.3 Å². The van der Waals surface area contributed by atoms with E-state index in [0.717, 1.165) is 16.1 Å². The molecule has 0 amide bonds. The van der Waals surface area contributed by atoms with Crippen molar-refractivity contribution in [3.05, 3.63) is 40.9 Å². The van der Waals surface area contributed by atoms with E-state index in [1.807, 2.05) is 19.1 Å². The van der Waals surface area contributed by atoms with E-state index in [4.69, 9.17) is 21.1 Å². The summed E-state index contributed by atoms with van der Waals surface area (Å²) in [5.41, 5.74) is 1.82. The van der Waals surface area contributed by atoms with Gasteiger partial charge in [-0.2, -0.15) is 0 Å². The van der Waals surface area contributed by atoms with Gasteiger partial charge in [0.1, 0.15) is 5.75 Å². The number of aryl methyl sites for hydroxylation is 1. The van der Waals surface area contributed by atoms with E-state index in [9.17, 15) is 5.11 Å². The molecule has 0 saturated carbocycles. The van der Waals surface area contributed by atoms with Crippen molar-refractivity contribution in [1.82, 2.24) is 0 Å². The fourth-order valence-corrected chi connectivity index (χ4v) is 2.62. The highest BCUT2D eigenvalue weighted by Gasteiger charge is 2.09. The van der Waals surface area contributed by atoms with E-state index >= 15 is 0 Å². The van der Waals surface area contributed by atoms with Crippen molar-refractivity contribution in [2.75, 3.05) is 18.9 Å². The maximum atomic E-state index is 9.58. The standard InChI is InChI=1S/C15H16ClNO3S/c1-9-6-13(19-2)14(20-3)8-15(9)21-17-10-4-5-11(16)12(18)7-10/h4-8,17-18H,1-3H3. The van der Waals surface area contributed by atoms with Crippen molar-refractivity contribution in [3.63, 3.8) is 0 Å². The lowest BCUT2D eigenvalue weighted by atomic mass is 10.2. The predicted octanol–water partition coefficient (Wildman–Crippen LogP) is 4.49. The summed E-state index contributed by atoms with van der Waals surface area (Å²) in [6.07, 6.45) is 0. The lowest BCUT2D eigenvalue weighted by molar-refractivity contribution is 0.353. The summed E-state index contributed by atoms with van der Waals surface area (Å²) in [6.45, 7) is 1.99. The average Bonchev–Trinajstić information content (AvgIpc) is 2.49. The van der Waals surface area contributed by atoms with Crippen LogP contribution >= 0.6 is 23.5 Å². The van der Waals surface area contributed by atoms with Crippen molar-refractivity contribution < 1.29 is 14.6 Å². The number of phenols is 1. The first-order valence-electron chi connectivity index (χ1n) is 6.19. The van der Waals surface area contributed by atoms with E-state index in [-0.39, 0.29) is 5.75 Å². The third-order valence-corrected chi connectivity index (χ3v) is 4.22. The number of benzene rings is 2. The van der Waals surface area contributed by atoms with E-state index in [2.05, 4.69) is 4.72 Å². The summed E-state index contributed by atoms with van der Waals surface area (Å²) in [6, 6.07) is 8.83. The molecule has 0 aliphatic heterocycles. The minimum Gasteiger partial charge on any atom is -0.506 e. The first kappa shape index (κ1) is 15.7. The van der Waals surface area contributed by atoms with Gasteiger partial charge in [-0.05, 0) is 48.7 Å². The monoisotopic (exact) mass is 325 g/mol. The Bertz CT molecular complexity index is 649. The van der Waals surface area contributed by atoms with Crippen molar-refractivity contribution in [1.29, 1.82) is 0 Å². The van der Waals surface area contributed by atoms with Gasteiger partial charge in [-0.25, -0.2) is 0 Å². The van der Waals surface area contributed by atoms with Crippen LogP contribution in [-0.4, -0.2) is 19.3 Å². The fraction of sp³-hybridized carbons (Fsp3) is 0.200. The third-order valence-electron chi connectivity index (χ3n) is 2.91. The van der Waals surface area contributed by atoms with Crippen molar-refractivity contribution in [2.24, 2.45) is 0 Å². The molecule has 0 aromatic heterocycles. The normalized spacial score (nSPS) is 10.3. The summed E-state index contributed by atoms with van der Waals surface area (Å²) in [5, 5.41) is 9.91. The zero-order valence-corrected chi connectivity index (χ0v) is 13.5. The lowest BCUT2D eigenvalue weighted by Gasteiger charge is -2.13. The van der Waals surface area contributed by atoms with Crippen LogP contribution in [0.4, 0.5) is 5.69 Å². The maximum absolute atomic E-state index is 9.58. The van der Waals surface area contributed by atoms with Crippen LogP contribution in [0.15, 0.2) is 35.2 Å². The molecule has 0 bridgehead atoms. The number of halogens is 1. The Morgan fingerprint density at radius 1 is 1.10 bits per heavy atom. The van der Waals surface area contributed by atoms with Gasteiger partial charge in [0.25, 0.3) is 0 Å². The van der Waals surface area contributed by atoms with Gasteiger partial charge in [0.2, 0.25) is 0 Å². The van der Waals surface area contributed by atoms with E-state index in [0.29, 0.717) is 16.5 Å². The minimum atomic E-state index is 0.0475. The van der Waals surface area contributed by atoms with Crippen molar-refractivity contribution in [2.45, 2.75) is 11.8 Å². The van der Waals surface area contributed by atoms with Crippen LogP contribution in [0.3, 0.4) is 0 Å². The Balaban J connectivity index is 2.17. The van der Waals surface area contributed by atoms with Crippen molar-refractivity contribution >= 4 is 29.2 Å². The van der Waals surface area contributed by atoms with Crippen molar-refractivity contribution in [3.8, 4) is 17.2 Å². The zero-order valence-electron chi connectivity index (χ0n) is 11.9. The number of hydrogen-bond acceptors (Lipinski definition) is 5. The van der Waals surface area contributed by atoms with Gasteiger partial charge in [-0.15, -0.1) is 0 Å². The Hall–Kier alpha value is -1.72. The number of rotatable bonds is 5. The highest BCUT2D eigenvalue weighted by molar-refractivity contribution is 8.00. The lowest BCUT2D eigenvalue weighted by Crippen LogP contribution is -1.94. The van der Waals surface area contributed by atoms with Crippen LogP contribution in [0.25, 0.3) is 0 Å². The molecule has 0 aliphatic rings. The van der Waals surface area contributed by atoms with E-state index < -0.39 is 0 Å². The van der Waals surface area contributed by atoms with E-state index in [1.54, 1.807) is 32.4 Å². The molecular weight excluding hydrogens is 310 g/mol. The molecule has 2 N–H and O–H groups in total. The topological polar surface area (TPSA) is 50.7 Å². The molecule has 4 nitrogen and oxygen atoms in total. The first-order valence-corrected chi connectivity index (χ1v) is 7.38. The van der Waals surface area contributed by atoms with Gasteiger partial charge in [0.15, 0.2) is 11.5 Å². The van der Waals surface area contributed by atoms with Gasteiger partial charge in [-0.1, -0.05) is 11.6 Å². The van der Waals surface area contributed by atoms with Gasteiger partial charge in [0, 0.05) is 16.6 Å². The van der Waals surface area contributed by atoms with Gasteiger partial charge >= 0.3 is 0 Å². The zero-order chi connectivity index (χ0) is 15.4. The minimum absolute atomic E-state index is 0.0475. The highest BCUT2D eigenvalue weighted by atomic mass is 35.5. The molecule has 2 aromatic carbocycles. The molecule has 0 radical (unpaired) electrons. The molecular formula is C15H16ClNO3S. The molecule has 112 valence electrons. The molecule has 0 aliphatic carbocycles. The predicted molar refractivity (Wildman–Crippen MR) is 86.9 cm³/mol. The van der Waals surface area contributed by atoms with Crippen LogP contribution in [0.5, 0.6) is 17.2 Å². The fourth-order valence-electron chi connectivity index (χ4n) is 1.76. The van der Waals surface area contributed by atoms with E-state index in [1.165, 1.54) is 11.9 Å². The van der Waals surface area contributed by atoms with Crippen LogP contribution < -0.4 is 14.2 Å². The molecule has 6 heteroatoms. The second-order valence-corrected chi connectivity index (χ2v) is 5.60. The quantitative estimate of drug-likeness (QED) is 0.793. The summed E-state index contributed by atoms with van der Waals surface area (Å²) < 4.78 is 13.7. The second kappa shape index (κ2) is 6.83. The maximum Gasteiger partial charge on any atom is 0.161 e. The van der Waals surface area contributed by atoms with Gasteiger partial charge in [-0.3, -0.25) is 0 Å². The largest absolute Gasteiger partial charge is 0.506 e. The third kappa shape index (κ3) is 3.68. The number of phenolic OH excluding ortho intramolecular Hbond substituents is 1. The Morgan fingerprint density at radius 3 is 2.38 bits per heavy atom. The van der Waals surface area contributed by atoms with Crippen LogP contribution in [0, 0.1) is 6.92 Å². The molecule has 0 atom stereocenters. The first-order chi connectivity index (χ1) is 10.0. The summed E-state index contributed by atoms with van der Waals surface area (Å²) in [4.78, 5) is 1.00. The highest BCUT2D eigenvalue weighted by Crippen LogP contribution is 2.36. The molecule has 0 fully saturated rings.